The Hall–Kier alpha value is -1.53. The second kappa shape index (κ2) is 5.69. The summed E-state index contributed by atoms with van der Waals surface area (Å²) in [7, 11) is 3.75. The van der Waals surface area contributed by atoms with Gasteiger partial charge in [0.25, 0.3) is 0 Å². The number of aromatic amines is 1. The van der Waals surface area contributed by atoms with Gasteiger partial charge in [-0.1, -0.05) is 43.0 Å². The first-order chi connectivity index (χ1) is 10.1. The first kappa shape index (κ1) is 14.4. The maximum atomic E-state index is 11.5. The van der Waals surface area contributed by atoms with Gasteiger partial charge < -0.3 is 5.32 Å². The fourth-order valence-corrected chi connectivity index (χ4v) is 4.50. The highest BCUT2D eigenvalue weighted by molar-refractivity contribution is 7.99. The summed E-state index contributed by atoms with van der Waals surface area (Å²) in [4.78, 5) is 11.5. The summed E-state index contributed by atoms with van der Waals surface area (Å²) < 4.78 is 1.57. The van der Waals surface area contributed by atoms with Crippen LogP contribution >= 0.6 is 11.8 Å². The molecule has 0 radical (unpaired) electrons. The molecule has 2 N–H and O–H groups in total. The number of thioether (sulfide) groups is 1. The average Bonchev–Trinajstić information content (AvgIpc) is 2.80. The Morgan fingerprint density at radius 2 is 2.10 bits per heavy atom. The number of hydrogen-bond acceptors (Lipinski definition) is 4. The zero-order valence-corrected chi connectivity index (χ0v) is 13.3. The maximum Gasteiger partial charge on any atom is 0.343 e. The number of fused-ring (bicyclic) bond motifs is 1. The number of H-pyrrole nitrogens is 1. The molecule has 21 heavy (non-hydrogen) atoms. The standard InChI is InChI=1S/C15H20N4OS/c1-9-8-12(21-15-18-17-14(20)19(15)3)13(16-2)11-7-5-4-6-10(9)11/h4-7,9,12-13,16H,8H2,1-3H3,(H,17,20). The predicted molar refractivity (Wildman–Crippen MR) is 84.7 cm³/mol. The van der Waals surface area contributed by atoms with Crippen molar-refractivity contribution in [3.63, 3.8) is 0 Å². The summed E-state index contributed by atoms with van der Waals surface area (Å²) in [6.45, 7) is 2.27. The molecular weight excluding hydrogens is 284 g/mol. The third kappa shape index (κ3) is 2.53. The van der Waals surface area contributed by atoms with E-state index in [4.69, 9.17) is 0 Å². The lowest BCUT2D eigenvalue weighted by Gasteiger charge is -2.36. The Bertz CT molecular complexity index is 693. The van der Waals surface area contributed by atoms with Gasteiger partial charge in [-0.15, -0.1) is 5.10 Å². The topological polar surface area (TPSA) is 62.7 Å². The van der Waals surface area contributed by atoms with E-state index in [0.29, 0.717) is 11.2 Å². The predicted octanol–water partition coefficient (Wildman–Crippen LogP) is 2.04. The smallest absolute Gasteiger partial charge is 0.312 e. The first-order valence-electron chi connectivity index (χ1n) is 7.16. The number of nitrogens with zero attached hydrogens (tertiary/aromatic N) is 2. The summed E-state index contributed by atoms with van der Waals surface area (Å²) in [5.41, 5.74) is 2.61. The van der Waals surface area contributed by atoms with Crippen molar-refractivity contribution in [2.24, 2.45) is 7.05 Å². The van der Waals surface area contributed by atoms with Crippen molar-refractivity contribution in [2.45, 2.75) is 35.7 Å². The van der Waals surface area contributed by atoms with E-state index in [2.05, 4.69) is 46.7 Å². The van der Waals surface area contributed by atoms with E-state index >= 15 is 0 Å². The van der Waals surface area contributed by atoms with Crippen LogP contribution in [0, 0.1) is 0 Å². The minimum Gasteiger partial charge on any atom is -0.312 e. The van der Waals surface area contributed by atoms with E-state index in [1.54, 1.807) is 23.4 Å². The van der Waals surface area contributed by atoms with Crippen LogP contribution in [0.5, 0.6) is 0 Å². The van der Waals surface area contributed by atoms with E-state index in [9.17, 15) is 4.79 Å². The summed E-state index contributed by atoms with van der Waals surface area (Å²) in [6, 6.07) is 8.88. The molecule has 1 aliphatic rings. The maximum absolute atomic E-state index is 11.5. The lowest BCUT2D eigenvalue weighted by atomic mass is 9.81. The molecule has 0 saturated heterocycles. The Balaban J connectivity index is 1.93. The number of nitrogens with one attached hydrogen (secondary N) is 2. The second-order valence-electron chi connectivity index (χ2n) is 5.56. The van der Waals surface area contributed by atoms with Gasteiger partial charge in [-0.2, -0.15) is 0 Å². The number of benzene rings is 1. The minimum absolute atomic E-state index is 0.164. The monoisotopic (exact) mass is 304 g/mol. The van der Waals surface area contributed by atoms with Crippen LogP contribution in [0.25, 0.3) is 0 Å². The molecule has 1 aromatic heterocycles. The minimum atomic E-state index is -0.164. The largest absolute Gasteiger partial charge is 0.343 e. The van der Waals surface area contributed by atoms with Gasteiger partial charge in [-0.25, -0.2) is 9.89 Å². The van der Waals surface area contributed by atoms with Gasteiger partial charge in [-0.05, 0) is 30.5 Å². The van der Waals surface area contributed by atoms with Crippen LogP contribution in [-0.4, -0.2) is 27.1 Å². The number of aromatic nitrogens is 3. The van der Waals surface area contributed by atoms with E-state index in [1.165, 1.54) is 11.1 Å². The average molecular weight is 304 g/mol. The molecule has 1 aliphatic carbocycles. The van der Waals surface area contributed by atoms with Crippen molar-refractivity contribution in [1.82, 2.24) is 20.1 Å². The van der Waals surface area contributed by atoms with Crippen LogP contribution in [0.3, 0.4) is 0 Å². The molecule has 6 heteroatoms. The van der Waals surface area contributed by atoms with Gasteiger partial charge in [0.2, 0.25) is 0 Å². The summed E-state index contributed by atoms with van der Waals surface area (Å²) in [6.07, 6.45) is 1.06. The van der Waals surface area contributed by atoms with E-state index < -0.39 is 0 Å². The molecule has 5 nitrogen and oxygen atoms in total. The van der Waals surface area contributed by atoms with E-state index in [1.807, 2.05) is 7.05 Å². The van der Waals surface area contributed by atoms with E-state index in [0.717, 1.165) is 11.6 Å². The molecule has 2 aromatic rings. The highest BCUT2D eigenvalue weighted by atomic mass is 32.2. The van der Waals surface area contributed by atoms with Gasteiger partial charge in [0.15, 0.2) is 5.16 Å². The van der Waals surface area contributed by atoms with Crippen LogP contribution in [0.4, 0.5) is 0 Å². The number of hydrogen-bond donors (Lipinski definition) is 2. The van der Waals surface area contributed by atoms with Crippen LogP contribution in [0.2, 0.25) is 0 Å². The normalized spacial score (nSPS) is 24.8. The van der Waals surface area contributed by atoms with Gasteiger partial charge in [0, 0.05) is 18.3 Å². The van der Waals surface area contributed by atoms with Gasteiger partial charge in [-0.3, -0.25) is 4.57 Å². The Labute approximate surface area is 128 Å². The van der Waals surface area contributed by atoms with Crippen LogP contribution in [-0.2, 0) is 7.05 Å². The highest BCUT2D eigenvalue weighted by Crippen LogP contribution is 2.43. The highest BCUT2D eigenvalue weighted by Gasteiger charge is 2.33. The van der Waals surface area contributed by atoms with Gasteiger partial charge in [0.1, 0.15) is 0 Å². The molecule has 0 bridgehead atoms. The molecule has 0 spiro atoms. The Morgan fingerprint density at radius 1 is 1.38 bits per heavy atom. The van der Waals surface area contributed by atoms with Crippen molar-refractivity contribution in [3.8, 4) is 0 Å². The SMILES string of the molecule is CNC1c2ccccc2C(C)CC1Sc1n[nH]c(=O)n1C. The Morgan fingerprint density at radius 3 is 2.71 bits per heavy atom. The van der Waals surface area contributed by atoms with Gasteiger partial charge in [0.05, 0.1) is 0 Å². The van der Waals surface area contributed by atoms with Crippen molar-refractivity contribution in [3.05, 3.63) is 45.9 Å². The molecular formula is C15H20N4OS. The van der Waals surface area contributed by atoms with Crippen molar-refractivity contribution >= 4 is 11.8 Å². The molecule has 112 valence electrons. The molecule has 3 atom stereocenters. The third-order valence-corrected chi connectivity index (χ3v) is 5.57. The number of rotatable bonds is 3. The molecule has 0 amide bonds. The molecule has 3 unspecified atom stereocenters. The molecule has 0 aliphatic heterocycles. The molecule has 0 fully saturated rings. The molecule has 3 rings (SSSR count). The fourth-order valence-electron chi connectivity index (χ4n) is 3.09. The summed E-state index contributed by atoms with van der Waals surface area (Å²) in [5.74, 6) is 0.513. The quantitative estimate of drug-likeness (QED) is 0.911. The molecule has 1 aromatic carbocycles. The second-order valence-corrected chi connectivity index (χ2v) is 6.77. The van der Waals surface area contributed by atoms with Crippen molar-refractivity contribution in [1.29, 1.82) is 0 Å². The molecule has 1 heterocycles. The fraction of sp³-hybridized carbons (Fsp3) is 0.467. The summed E-state index contributed by atoms with van der Waals surface area (Å²) in [5, 5.41) is 11.2. The zero-order chi connectivity index (χ0) is 15.0. The lowest BCUT2D eigenvalue weighted by Crippen LogP contribution is -2.33. The summed E-state index contributed by atoms with van der Waals surface area (Å²) >= 11 is 1.67. The van der Waals surface area contributed by atoms with Crippen molar-refractivity contribution < 1.29 is 0 Å². The van der Waals surface area contributed by atoms with E-state index in [-0.39, 0.29) is 11.7 Å². The van der Waals surface area contributed by atoms with Gasteiger partial charge >= 0.3 is 5.69 Å². The van der Waals surface area contributed by atoms with Crippen LogP contribution in [0.1, 0.15) is 36.4 Å². The Kier molecular flexibility index (Phi) is 3.91. The molecule has 0 saturated carbocycles. The van der Waals surface area contributed by atoms with Crippen molar-refractivity contribution in [2.75, 3.05) is 7.05 Å². The zero-order valence-electron chi connectivity index (χ0n) is 12.5. The third-order valence-electron chi connectivity index (χ3n) is 4.23. The van der Waals surface area contributed by atoms with Crippen LogP contribution in [0.15, 0.2) is 34.2 Å². The lowest BCUT2D eigenvalue weighted by molar-refractivity contribution is 0.471. The first-order valence-corrected chi connectivity index (χ1v) is 8.04. The van der Waals surface area contributed by atoms with Crippen LogP contribution < -0.4 is 11.0 Å².